The van der Waals surface area contributed by atoms with Crippen molar-refractivity contribution in [1.29, 1.82) is 0 Å². The second-order valence-electron chi connectivity index (χ2n) is 9.20. The molecule has 3 unspecified atom stereocenters. The average Bonchev–Trinajstić information content (AvgIpc) is 2.33. The van der Waals surface area contributed by atoms with Gasteiger partial charge in [-0.3, -0.25) is 0 Å². The first-order valence-corrected chi connectivity index (χ1v) is 7.63. The van der Waals surface area contributed by atoms with Gasteiger partial charge in [0.05, 0.1) is 0 Å². The predicted octanol–water partition coefficient (Wildman–Crippen LogP) is 5.52. The minimum absolute atomic E-state index is 0.173. The molecule has 3 atom stereocenters. The summed E-state index contributed by atoms with van der Waals surface area (Å²) in [5, 5.41) is 9.74. The van der Waals surface area contributed by atoms with E-state index >= 15 is 4.39 Å². The molecule has 1 aliphatic rings. The van der Waals surface area contributed by atoms with E-state index in [1.807, 2.05) is 0 Å². The van der Waals surface area contributed by atoms with Crippen molar-refractivity contribution in [2.24, 2.45) is 16.7 Å². The normalized spacial score (nSPS) is 35.6. The first-order chi connectivity index (χ1) is 9.77. The smallest absolute Gasteiger partial charge is 0.376 e. The van der Waals surface area contributed by atoms with E-state index in [2.05, 4.69) is 0 Å². The van der Waals surface area contributed by atoms with Crippen LogP contribution in [0.5, 0.6) is 0 Å². The second-order valence-corrected chi connectivity index (χ2v) is 9.20. The van der Waals surface area contributed by atoms with Gasteiger partial charge in [-0.05, 0) is 30.1 Å². The third kappa shape index (κ3) is 3.49. The third-order valence-corrected chi connectivity index (χ3v) is 4.35. The molecule has 0 radical (unpaired) electrons. The minimum Gasteiger partial charge on any atom is -0.376 e. The summed E-state index contributed by atoms with van der Waals surface area (Å²) in [6.07, 6.45) is -7.86. The zero-order chi connectivity index (χ0) is 18.7. The van der Waals surface area contributed by atoms with Gasteiger partial charge in [0.15, 0.2) is 5.67 Å². The van der Waals surface area contributed by atoms with Gasteiger partial charge in [-0.15, -0.1) is 0 Å². The Morgan fingerprint density at radius 3 is 1.65 bits per heavy atom. The van der Waals surface area contributed by atoms with Gasteiger partial charge in [0.25, 0.3) is 0 Å². The van der Waals surface area contributed by atoms with Crippen LogP contribution in [0.2, 0.25) is 0 Å². The van der Waals surface area contributed by atoms with Gasteiger partial charge in [-0.2, -0.15) is 22.0 Å². The highest BCUT2D eigenvalue weighted by Gasteiger charge is 2.83. The van der Waals surface area contributed by atoms with Gasteiger partial charge in [0.2, 0.25) is 5.60 Å². The van der Waals surface area contributed by atoms with Crippen molar-refractivity contribution in [3.8, 4) is 0 Å². The fraction of sp³-hybridized carbons (Fsp3) is 1.00. The number of alkyl halides is 6. The van der Waals surface area contributed by atoms with E-state index in [9.17, 15) is 27.1 Å². The Morgan fingerprint density at radius 2 is 1.35 bits per heavy atom. The Hall–Kier alpha value is -0.460. The molecule has 0 bridgehead atoms. The average molecular weight is 348 g/mol. The van der Waals surface area contributed by atoms with E-state index < -0.39 is 53.0 Å². The standard InChI is InChI=1S/C16H26F6O/c1-11(2,3)7-10-8-14(23,16(20,21)22)15(18,19)13(10,17)9-12(4,5)6/h10,23H,7-9H2,1-6H3. The predicted molar refractivity (Wildman–Crippen MR) is 76.0 cm³/mol. The Morgan fingerprint density at radius 1 is 0.913 bits per heavy atom. The molecular formula is C16H26F6O. The Balaban J connectivity index is 3.46. The van der Waals surface area contributed by atoms with Crippen molar-refractivity contribution in [3.63, 3.8) is 0 Å². The molecule has 0 aromatic heterocycles. The zero-order valence-electron chi connectivity index (χ0n) is 14.4. The molecular weight excluding hydrogens is 322 g/mol. The number of halogens is 6. The molecule has 0 heterocycles. The molecule has 1 aliphatic carbocycles. The van der Waals surface area contributed by atoms with Crippen LogP contribution in [0.1, 0.15) is 60.8 Å². The lowest BCUT2D eigenvalue weighted by molar-refractivity contribution is -0.338. The quantitative estimate of drug-likeness (QED) is 0.652. The van der Waals surface area contributed by atoms with Crippen molar-refractivity contribution < 1.29 is 31.4 Å². The summed E-state index contributed by atoms with van der Waals surface area (Å²) in [5.41, 5.74) is -9.35. The summed E-state index contributed by atoms with van der Waals surface area (Å²) in [4.78, 5) is 0. The SMILES string of the molecule is CC(C)(C)CC1CC(O)(C(F)(F)F)C(F)(F)C1(F)CC(C)(C)C. The van der Waals surface area contributed by atoms with Crippen LogP contribution in [0.3, 0.4) is 0 Å². The van der Waals surface area contributed by atoms with E-state index in [-0.39, 0.29) is 6.42 Å². The lowest BCUT2D eigenvalue weighted by atomic mass is 9.72. The Bertz CT molecular complexity index is 445. The maximum atomic E-state index is 15.4. The first kappa shape index (κ1) is 20.6. The summed E-state index contributed by atoms with van der Waals surface area (Å²) in [5.74, 6) is -6.48. The summed E-state index contributed by atoms with van der Waals surface area (Å²) in [7, 11) is 0. The van der Waals surface area contributed by atoms with Crippen LogP contribution < -0.4 is 0 Å². The molecule has 0 aliphatic heterocycles. The molecule has 23 heavy (non-hydrogen) atoms. The Labute approximate surface area is 133 Å². The molecule has 1 saturated carbocycles. The molecule has 1 nitrogen and oxygen atoms in total. The topological polar surface area (TPSA) is 20.2 Å². The van der Waals surface area contributed by atoms with E-state index in [1.54, 1.807) is 20.8 Å². The molecule has 0 aromatic carbocycles. The number of hydrogen-bond donors (Lipinski definition) is 1. The van der Waals surface area contributed by atoms with Crippen LogP contribution in [0.15, 0.2) is 0 Å². The largest absolute Gasteiger partial charge is 0.423 e. The summed E-state index contributed by atoms with van der Waals surface area (Å²) < 4.78 is 83.9. The van der Waals surface area contributed by atoms with E-state index in [0.29, 0.717) is 0 Å². The fourth-order valence-electron chi connectivity index (χ4n) is 3.54. The number of hydrogen-bond acceptors (Lipinski definition) is 1. The van der Waals surface area contributed by atoms with Gasteiger partial charge in [0.1, 0.15) is 0 Å². The Kier molecular flexibility index (Phi) is 4.71. The summed E-state index contributed by atoms with van der Waals surface area (Å²) in [6.45, 7) is 9.41. The second kappa shape index (κ2) is 5.27. The van der Waals surface area contributed by atoms with Crippen molar-refractivity contribution in [3.05, 3.63) is 0 Å². The zero-order valence-corrected chi connectivity index (χ0v) is 14.4. The van der Waals surface area contributed by atoms with Crippen LogP contribution in [-0.2, 0) is 0 Å². The molecule has 1 N–H and O–H groups in total. The molecule has 0 saturated heterocycles. The highest BCUT2D eigenvalue weighted by Crippen LogP contribution is 2.65. The lowest BCUT2D eigenvalue weighted by Gasteiger charge is -2.41. The van der Waals surface area contributed by atoms with Crippen molar-refractivity contribution in [2.75, 3.05) is 0 Å². The maximum Gasteiger partial charge on any atom is 0.423 e. The molecule has 0 amide bonds. The molecule has 1 rings (SSSR count). The van der Waals surface area contributed by atoms with Gasteiger partial charge in [-0.1, -0.05) is 41.5 Å². The number of rotatable bonds is 2. The lowest BCUT2D eigenvalue weighted by Crippen LogP contribution is -2.62. The van der Waals surface area contributed by atoms with Gasteiger partial charge < -0.3 is 5.11 Å². The maximum absolute atomic E-state index is 15.4. The van der Waals surface area contributed by atoms with Gasteiger partial charge >= 0.3 is 12.1 Å². The number of aliphatic hydroxyl groups is 1. The monoisotopic (exact) mass is 348 g/mol. The molecule has 0 aromatic rings. The van der Waals surface area contributed by atoms with E-state index in [4.69, 9.17) is 0 Å². The summed E-state index contributed by atoms with van der Waals surface area (Å²) in [6, 6.07) is 0. The van der Waals surface area contributed by atoms with Crippen LogP contribution in [0.25, 0.3) is 0 Å². The van der Waals surface area contributed by atoms with E-state index in [1.165, 1.54) is 20.8 Å². The van der Waals surface area contributed by atoms with Crippen LogP contribution in [0, 0.1) is 16.7 Å². The van der Waals surface area contributed by atoms with Crippen LogP contribution >= 0.6 is 0 Å². The highest BCUT2D eigenvalue weighted by atomic mass is 19.4. The minimum atomic E-state index is -5.60. The van der Waals surface area contributed by atoms with Crippen molar-refractivity contribution in [1.82, 2.24) is 0 Å². The van der Waals surface area contributed by atoms with Crippen LogP contribution in [0.4, 0.5) is 26.3 Å². The molecule has 1 fully saturated rings. The first-order valence-electron chi connectivity index (χ1n) is 7.63. The van der Waals surface area contributed by atoms with Crippen molar-refractivity contribution >= 4 is 0 Å². The molecule has 7 heteroatoms. The van der Waals surface area contributed by atoms with E-state index in [0.717, 1.165) is 0 Å². The third-order valence-electron chi connectivity index (χ3n) is 4.35. The van der Waals surface area contributed by atoms with Gasteiger partial charge in [-0.25, -0.2) is 4.39 Å². The van der Waals surface area contributed by atoms with Crippen molar-refractivity contribution in [2.45, 2.75) is 84.2 Å². The highest BCUT2D eigenvalue weighted by molar-refractivity contribution is 5.20. The fourth-order valence-corrected chi connectivity index (χ4v) is 3.54. The van der Waals surface area contributed by atoms with Gasteiger partial charge in [0, 0.05) is 5.92 Å². The molecule has 0 spiro atoms. The molecule has 138 valence electrons. The summed E-state index contributed by atoms with van der Waals surface area (Å²) >= 11 is 0. The van der Waals surface area contributed by atoms with Crippen LogP contribution in [-0.4, -0.2) is 28.5 Å².